The maximum Gasteiger partial charge on any atom is 0.472 e. The molecule has 0 radical (unpaired) electrons. The number of carbonyl (C=O) groups excluding carboxylic acids is 3. The van der Waals surface area contributed by atoms with E-state index in [1.54, 1.807) is 0 Å². The molecule has 0 aliphatic heterocycles. The van der Waals surface area contributed by atoms with Crippen LogP contribution in [0.4, 0.5) is 0 Å². The molecule has 16 nitrogen and oxygen atoms in total. The summed E-state index contributed by atoms with van der Waals surface area (Å²) in [7, 11) is -9.82. The Morgan fingerprint density at radius 3 is 0.835 bits per heavy atom. The first-order valence-corrected chi connectivity index (χ1v) is 42.4. The predicted molar refractivity (Wildman–Crippen MR) is 426 cm³/mol. The standard InChI is InChI=1S/C85H140O16P2/c1-4-7-10-13-16-19-22-25-28-31-34-36-37-38-39-40-41-43-46-47-50-53-56-59-62-65-68-71-83(88)95-74-80(86)75-97-102(91,92)98-76-81(87)77-99-103(93,94)100-79-82(101-85(90)73-70-67-64-61-58-55-52-49-44-33-30-27-24-21-18-15-12-9-6-3)78-96-84(89)72-69-66-63-60-57-54-51-48-45-42-35-32-29-26-23-20-17-14-11-8-5-2/h8-9,11-12,16-21,25-30,34-36,38-39,42,44,48-49,51,57,60,80-82,86-87H,4-7,10,13-15,22-24,31-33,37,40-41,43,45-47,50,52-56,58-59,61-79H2,1-3H3,(H,91,92)(H,93,94)/b11-8-,12-9-,19-16-,20-17-,21-18-,28-25-,29-26-,30-27-,36-34-,39-38-,42-35-,49-44-,51-48-,60-57-. The maximum absolute atomic E-state index is 13.0. The monoisotopic (exact) mass is 1480 g/mol. The molecule has 0 heterocycles. The van der Waals surface area contributed by atoms with Gasteiger partial charge in [0, 0.05) is 19.3 Å². The van der Waals surface area contributed by atoms with E-state index in [9.17, 15) is 43.5 Å². The summed E-state index contributed by atoms with van der Waals surface area (Å²) in [6, 6.07) is 0. The summed E-state index contributed by atoms with van der Waals surface area (Å²) >= 11 is 0. The molecule has 0 aliphatic rings. The zero-order valence-electron chi connectivity index (χ0n) is 63.9. The Labute approximate surface area is 624 Å². The van der Waals surface area contributed by atoms with Crippen molar-refractivity contribution in [1.29, 1.82) is 0 Å². The fourth-order valence-electron chi connectivity index (χ4n) is 9.96. The molecule has 0 rings (SSSR count). The molecule has 4 N–H and O–H groups in total. The van der Waals surface area contributed by atoms with Gasteiger partial charge in [-0.1, -0.05) is 287 Å². The van der Waals surface area contributed by atoms with Crippen molar-refractivity contribution in [2.75, 3.05) is 39.6 Å². The van der Waals surface area contributed by atoms with Crippen molar-refractivity contribution in [3.63, 3.8) is 0 Å². The Morgan fingerprint density at radius 2 is 0.515 bits per heavy atom. The second-order valence-corrected chi connectivity index (χ2v) is 28.7. The average molecular weight is 1480 g/mol. The van der Waals surface area contributed by atoms with Crippen LogP contribution >= 0.6 is 15.6 Å². The lowest BCUT2D eigenvalue weighted by atomic mass is 10.0. The Morgan fingerprint density at radius 1 is 0.282 bits per heavy atom. The largest absolute Gasteiger partial charge is 0.472 e. The third-order valence-corrected chi connectivity index (χ3v) is 17.8. The van der Waals surface area contributed by atoms with Crippen LogP contribution in [0, 0.1) is 0 Å². The number of hydrogen-bond acceptors (Lipinski definition) is 14. The highest BCUT2D eigenvalue weighted by molar-refractivity contribution is 7.47. The van der Waals surface area contributed by atoms with Crippen LogP contribution < -0.4 is 0 Å². The van der Waals surface area contributed by atoms with Gasteiger partial charge in [-0.3, -0.25) is 32.5 Å². The molecular formula is C85H140O16P2. The molecule has 586 valence electrons. The molecule has 0 amide bonds. The first-order valence-electron chi connectivity index (χ1n) is 39.4. The molecule has 103 heavy (non-hydrogen) atoms. The van der Waals surface area contributed by atoms with Gasteiger partial charge < -0.3 is 34.2 Å². The van der Waals surface area contributed by atoms with Crippen LogP contribution in [0.5, 0.6) is 0 Å². The van der Waals surface area contributed by atoms with Crippen LogP contribution in [0.2, 0.25) is 0 Å². The van der Waals surface area contributed by atoms with Gasteiger partial charge in [-0.05, 0) is 154 Å². The molecule has 0 aliphatic carbocycles. The number of carbonyl (C=O) groups is 3. The minimum atomic E-state index is -4.95. The minimum absolute atomic E-state index is 0.0717. The molecule has 0 aromatic heterocycles. The van der Waals surface area contributed by atoms with Crippen molar-refractivity contribution < 1.29 is 75.8 Å². The number of aliphatic hydroxyl groups is 2. The van der Waals surface area contributed by atoms with Gasteiger partial charge in [0.1, 0.15) is 25.4 Å². The van der Waals surface area contributed by atoms with Crippen molar-refractivity contribution in [2.24, 2.45) is 0 Å². The SMILES string of the molecule is CC/C=C\C/C=C\C/C=C\C/C=C\C/C=C\C/C=C\CCCCC(=O)OCC(COP(=O)(O)OCC(O)COP(=O)(O)OCC(O)COC(=O)CCCCCCCCCCCCC/C=C\C/C=C\C/C=C\C/C=C\CCCCC)OC(=O)CCCCCCCC/C=C\C/C=C\C/C=C\C/C=C\CC. The van der Waals surface area contributed by atoms with Crippen molar-refractivity contribution in [3.8, 4) is 0 Å². The molecule has 0 spiro atoms. The summed E-state index contributed by atoms with van der Waals surface area (Å²) in [6.45, 7) is 2.34. The number of unbranched alkanes of at least 4 members (excludes halogenated alkanes) is 22. The van der Waals surface area contributed by atoms with Crippen LogP contribution in [-0.2, 0) is 55.8 Å². The molecule has 0 aromatic carbocycles. The molecule has 0 aromatic rings. The van der Waals surface area contributed by atoms with Crippen molar-refractivity contribution >= 4 is 33.6 Å². The van der Waals surface area contributed by atoms with Crippen LogP contribution in [0.15, 0.2) is 170 Å². The van der Waals surface area contributed by atoms with Crippen LogP contribution in [-0.4, -0.2) is 95.9 Å². The number of rotatable bonds is 73. The topological polar surface area (TPSA) is 231 Å². The first kappa shape index (κ1) is 97.9. The summed E-state index contributed by atoms with van der Waals surface area (Å²) in [5, 5.41) is 20.6. The lowest BCUT2D eigenvalue weighted by Gasteiger charge is -2.21. The third kappa shape index (κ3) is 77.8. The summed E-state index contributed by atoms with van der Waals surface area (Å²) in [5.74, 6) is -1.65. The Kier molecular flexibility index (Phi) is 72.8. The van der Waals surface area contributed by atoms with E-state index in [2.05, 4.69) is 191 Å². The number of esters is 3. The Balaban J connectivity index is 4.69. The van der Waals surface area contributed by atoms with E-state index >= 15 is 0 Å². The average Bonchev–Trinajstić information content (AvgIpc) is 0.936. The van der Waals surface area contributed by atoms with E-state index in [0.717, 1.165) is 161 Å². The predicted octanol–water partition coefficient (Wildman–Crippen LogP) is 23.2. The van der Waals surface area contributed by atoms with Gasteiger partial charge >= 0.3 is 33.6 Å². The van der Waals surface area contributed by atoms with E-state index in [-0.39, 0.29) is 19.3 Å². The molecular weight excluding hydrogens is 1340 g/mol. The van der Waals surface area contributed by atoms with Crippen LogP contribution in [0.3, 0.4) is 0 Å². The number of hydrogen-bond donors (Lipinski definition) is 4. The van der Waals surface area contributed by atoms with E-state index in [0.29, 0.717) is 19.3 Å². The van der Waals surface area contributed by atoms with E-state index in [1.807, 2.05) is 0 Å². The Hall–Kier alpha value is -5.09. The molecule has 0 fully saturated rings. The number of phosphoric ester groups is 2. The van der Waals surface area contributed by atoms with Gasteiger partial charge in [0.2, 0.25) is 0 Å². The van der Waals surface area contributed by atoms with Crippen molar-refractivity contribution in [2.45, 2.75) is 309 Å². The zero-order valence-corrected chi connectivity index (χ0v) is 65.7. The smallest absolute Gasteiger partial charge is 0.463 e. The second kappa shape index (κ2) is 76.6. The molecule has 5 unspecified atom stereocenters. The van der Waals surface area contributed by atoms with Gasteiger partial charge in [-0.25, -0.2) is 9.13 Å². The highest BCUT2D eigenvalue weighted by Crippen LogP contribution is 2.45. The van der Waals surface area contributed by atoms with Gasteiger partial charge in [0.25, 0.3) is 0 Å². The first-order chi connectivity index (χ1) is 50.2. The summed E-state index contributed by atoms with van der Waals surface area (Å²) in [5.41, 5.74) is 0. The maximum atomic E-state index is 13.0. The van der Waals surface area contributed by atoms with Crippen molar-refractivity contribution in [3.05, 3.63) is 170 Å². The van der Waals surface area contributed by atoms with Gasteiger partial charge in [0.15, 0.2) is 6.10 Å². The summed E-state index contributed by atoms with van der Waals surface area (Å²) < 4.78 is 61.1. The molecule has 18 heteroatoms. The van der Waals surface area contributed by atoms with E-state index < -0.39 is 91.5 Å². The quantitative estimate of drug-likeness (QED) is 0.0146. The fourth-order valence-corrected chi connectivity index (χ4v) is 11.5. The number of aliphatic hydroxyl groups excluding tert-OH is 2. The fraction of sp³-hybridized carbons (Fsp3) is 0.635. The number of phosphoric acid groups is 2. The minimum Gasteiger partial charge on any atom is -0.463 e. The lowest BCUT2D eigenvalue weighted by Crippen LogP contribution is -2.30. The highest BCUT2D eigenvalue weighted by Gasteiger charge is 2.29. The van der Waals surface area contributed by atoms with Gasteiger partial charge in [0.05, 0.1) is 26.4 Å². The summed E-state index contributed by atoms with van der Waals surface area (Å²) in [4.78, 5) is 58.7. The third-order valence-electron chi connectivity index (χ3n) is 15.9. The van der Waals surface area contributed by atoms with E-state index in [4.69, 9.17) is 32.3 Å². The van der Waals surface area contributed by atoms with Crippen LogP contribution in [0.1, 0.15) is 290 Å². The zero-order chi connectivity index (χ0) is 75.2. The molecule has 0 saturated carbocycles. The Bertz CT molecular complexity index is 2550. The van der Waals surface area contributed by atoms with Gasteiger partial charge in [-0.2, -0.15) is 0 Å². The van der Waals surface area contributed by atoms with Gasteiger partial charge in [-0.15, -0.1) is 0 Å². The summed E-state index contributed by atoms with van der Waals surface area (Å²) in [6.07, 6.45) is 96.8. The van der Waals surface area contributed by atoms with Crippen molar-refractivity contribution in [1.82, 2.24) is 0 Å². The highest BCUT2D eigenvalue weighted by atomic mass is 31.2. The lowest BCUT2D eigenvalue weighted by molar-refractivity contribution is -0.161. The molecule has 0 bridgehead atoms. The second-order valence-electron chi connectivity index (χ2n) is 25.7. The normalized spacial score (nSPS) is 14.9. The molecule has 0 saturated heterocycles. The van der Waals surface area contributed by atoms with Crippen LogP contribution in [0.25, 0.3) is 0 Å². The number of ether oxygens (including phenoxy) is 3. The van der Waals surface area contributed by atoms with E-state index in [1.165, 1.54) is 70.6 Å². The number of allylic oxidation sites excluding steroid dienone is 28. The molecule has 5 atom stereocenters.